The molecule has 2 rings (SSSR count). The van der Waals surface area contributed by atoms with E-state index in [1.807, 2.05) is 35.2 Å². The summed E-state index contributed by atoms with van der Waals surface area (Å²) in [7, 11) is 0. The molecule has 1 unspecified atom stereocenters. The Labute approximate surface area is 108 Å². The summed E-state index contributed by atoms with van der Waals surface area (Å²) in [6, 6.07) is 5.54. The van der Waals surface area contributed by atoms with Crippen LogP contribution in [-0.2, 0) is 9.53 Å². The number of primary amides is 1. The number of ether oxygens (including phenoxy) is 1. The molecule has 2 N–H and O–H groups in total. The average Bonchev–Trinajstić information content (AvgIpc) is 2.99. The van der Waals surface area contributed by atoms with Crippen molar-refractivity contribution in [2.45, 2.75) is 13.0 Å². The predicted octanol–water partition coefficient (Wildman–Crippen LogP) is 1.57. The lowest BCUT2D eigenvalue weighted by Gasteiger charge is -2.10. The SMILES string of the molecule is CC(OC(=O)c1sccc1-n1cccc1)C(N)=O. The standard InChI is InChI=1S/C12H12N2O3S/c1-8(11(13)15)17-12(16)10-9(4-7-18-10)14-5-2-3-6-14/h2-8H,1H3,(H2,13,15). The van der Waals surface area contributed by atoms with Gasteiger partial charge < -0.3 is 15.0 Å². The van der Waals surface area contributed by atoms with E-state index in [-0.39, 0.29) is 0 Å². The number of aromatic nitrogens is 1. The lowest BCUT2D eigenvalue weighted by molar-refractivity contribution is -0.125. The Kier molecular flexibility index (Phi) is 3.47. The molecule has 0 fully saturated rings. The number of carbonyl (C=O) groups excluding carboxylic acids is 2. The first-order valence-corrected chi connectivity index (χ1v) is 6.18. The van der Waals surface area contributed by atoms with Gasteiger partial charge in [-0.15, -0.1) is 11.3 Å². The Morgan fingerprint density at radius 2 is 2.06 bits per heavy atom. The van der Waals surface area contributed by atoms with Crippen LogP contribution >= 0.6 is 11.3 Å². The lowest BCUT2D eigenvalue weighted by Crippen LogP contribution is -2.30. The van der Waals surface area contributed by atoms with E-state index in [0.29, 0.717) is 4.88 Å². The molecule has 1 atom stereocenters. The molecule has 0 bridgehead atoms. The van der Waals surface area contributed by atoms with Crippen LogP contribution in [0.5, 0.6) is 0 Å². The van der Waals surface area contributed by atoms with Crippen molar-refractivity contribution in [3.63, 3.8) is 0 Å². The molecule has 2 aromatic heterocycles. The number of esters is 1. The molecule has 2 heterocycles. The Morgan fingerprint density at radius 3 is 2.67 bits per heavy atom. The van der Waals surface area contributed by atoms with Gasteiger partial charge in [-0.05, 0) is 30.5 Å². The van der Waals surface area contributed by atoms with Gasteiger partial charge in [0.25, 0.3) is 5.91 Å². The van der Waals surface area contributed by atoms with Crippen molar-refractivity contribution in [3.8, 4) is 5.69 Å². The van der Waals surface area contributed by atoms with E-state index >= 15 is 0 Å². The summed E-state index contributed by atoms with van der Waals surface area (Å²) in [5.41, 5.74) is 5.78. The molecule has 18 heavy (non-hydrogen) atoms. The average molecular weight is 264 g/mol. The Morgan fingerprint density at radius 1 is 1.39 bits per heavy atom. The van der Waals surface area contributed by atoms with Crippen LogP contribution in [0.15, 0.2) is 36.0 Å². The smallest absolute Gasteiger partial charge is 0.351 e. The monoisotopic (exact) mass is 264 g/mol. The molecule has 0 spiro atoms. The van der Waals surface area contributed by atoms with Crippen LogP contribution in [0, 0.1) is 0 Å². The molecule has 0 radical (unpaired) electrons. The van der Waals surface area contributed by atoms with Gasteiger partial charge in [-0.1, -0.05) is 0 Å². The van der Waals surface area contributed by atoms with Crippen molar-refractivity contribution < 1.29 is 14.3 Å². The minimum atomic E-state index is -0.933. The summed E-state index contributed by atoms with van der Waals surface area (Å²) >= 11 is 1.26. The highest BCUT2D eigenvalue weighted by molar-refractivity contribution is 7.12. The van der Waals surface area contributed by atoms with Gasteiger partial charge in [0.1, 0.15) is 4.88 Å². The third-order valence-electron chi connectivity index (χ3n) is 2.40. The molecule has 0 aliphatic carbocycles. The molecule has 0 aromatic carbocycles. The summed E-state index contributed by atoms with van der Waals surface area (Å²) in [6.07, 6.45) is 2.73. The highest BCUT2D eigenvalue weighted by Crippen LogP contribution is 2.22. The maximum absolute atomic E-state index is 11.9. The van der Waals surface area contributed by atoms with Gasteiger partial charge in [-0.2, -0.15) is 0 Å². The Hall–Kier alpha value is -2.08. The summed E-state index contributed by atoms with van der Waals surface area (Å²) in [6.45, 7) is 1.45. The lowest BCUT2D eigenvalue weighted by atomic mass is 10.3. The fourth-order valence-corrected chi connectivity index (χ4v) is 2.20. The minimum absolute atomic E-state index is 0.444. The van der Waals surface area contributed by atoms with Crippen LogP contribution in [0.25, 0.3) is 5.69 Å². The fourth-order valence-electron chi connectivity index (χ4n) is 1.43. The van der Waals surface area contributed by atoms with E-state index in [1.54, 1.807) is 5.38 Å². The predicted molar refractivity (Wildman–Crippen MR) is 67.7 cm³/mol. The first-order valence-electron chi connectivity index (χ1n) is 5.30. The topological polar surface area (TPSA) is 74.3 Å². The zero-order valence-corrected chi connectivity index (χ0v) is 10.5. The number of rotatable bonds is 4. The second-order valence-corrected chi connectivity index (χ2v) is 4.59. The zero-order chi connectivity index (χ0) is 13.1. The molecule has 5 nitrogen and oxygen atoms in total. The van der Waals surface area contributed by atoms with Gasteiger partial charge in [0, 0.05) is 12.4 Å². The molecule has 0 aliphatic rings. The fraction of sp³-hybridized carbons (Fsp3) is 0.167. The van der Waals surface area contributed by atoms with Crippen LogP contribution < -0.4 is 5.73 Å². The molecule has 94 valence electrons. The van der Waals surface area contributed by atoms with Gasteiger partial charge in [-0.3, -0.25) is 4.79 Å². The maximum Gasteiger partial charge on any atom is 0.351 e. The van der Waals surface area contributed by atoms with Crippen molar-refractivity contribution in [2.24, 2.45) is 5.73 Å². The molecule has 2 aromatic rings. The number of thiophene rings is 1. The second-order valence-electron chi connectivity index (χ2n) is 3.68. The van der Waals surface area contributed by atoms with Gasteiger partial charge in [0.05, 0.1) is 5.69 Å². The van der Waals surface area contributed by atoms with Crippen molar-refractivity contribution >= 4 is 23.2 Å². The number of amides is 1. The molecular formula is C12H12N2O3S. The first kappa shape index (κ1) is 12.4. The Balaban J connectivity index is 2.22. The van der Waals surface area contributed by atoms with Crippen molar-refractivity contribution in [2.75, 3.05) is 0 Å². The van der Waals surface area contributed by atoms with Crippen molar-refractivity contribution in [3.05, 3.63) is 40.8 Å². The van der Waals surface area contributed by atoms with Crippen molar-refractivity contribution in [1.29, 1.82) is 0 Å². The van der Waals surface area contributed by atoms with Gasteiger partial charge in [0.15, 0.2) is 6.10 Å². The second kappa shape index (κ2) is 5.05. The van der Waals surface area contributed by atoms with Crippen LogP contribution in [0.4, 0.5) is 0 Å². The summed E-state index contributed by atoms with van der Waals surface area (Å²) < 4.78 is 6.79. The highest BCUT2D eigenvalue weighted by atomic mass is 32.1. The van der Waals surface area contributed by atoms with Crippen LogP contribution in [0.1, 0.15) is 16.6 Å². The van der Waals surface area contributed by atoms with Gasteiger partial charge in [0.2, 0.25) is 0 Å². The summed E-state index contributed by atoms with van der Waals surface area (Å²) in [4.78, 5) is 23.2. The maximum atomic E-state index is 11.9. The third-order valence-corrected chi connectivity index (χ3v) is 3.28. The van der Waals surface area contributed by atoms with Gasteiger partial charge >= 0.3 is 5.97 Å². The number of hydrogen-bond donors (Lipinski definition) is 1. The molecule has 0 saturated carbocycles. The Bertz CT molecular complexity index is 560. The summed E-state index contributed by atoms with van der Waals surface area (Å²) in [5, 5.41) is 1.79. The molecule has 0 saturated heterocycles. The quantitative estimate of drug-likeness (QED) is 0.852. The van der Waals surface area contributed by atoms with E-state index in [0.717, 1.165) is 5.69 Å². The van der Waals surface area contributed by atoms with Crippen molar-refractivity contribution in [1.82, 2.24) is 4.57 Å². The van der Waals surface area contributed by atoms with Gasteiger partial charge in [-0.25, -0.2) is 4.79 Å². The normalized spacial score (nSPS) is 12.1. The number of nitrogens with two attached hydrogens (primary N) is 1. The minimum Gasteiger partial charge on any atom is -0.448 e. The third kappa shape index (κ3) is 2.43. The highest BCUT2D eigenvalue weighted by Gasteiger charge is 2.20. The van der Waals surface area contributed by atoms with E-state index < -0.39 is 18.0 Å². The van der Waals surface area contributed by atoms with Crippen LogP contribution in [0.2, 0.25) is 0 Å². The molecular weight excluding hydrogens is 252 g/mol. The van der Waals surface area contributed by atoms with E-state index in [9.17, 15) is 9.59 Å². The van der Waals surface area contributed by atoms with Crippen LogP contribution in [-0.4, -0.2) is 22.5 Å². The summed E-state index contributed by atoms with van der Waals surface area (Å²) in [5.74, 6) is -1.21. The molecule has 0 aliphatic heterocycles. The number of carbonyl (C=O) groups is 2. The largest absolute Gasteiger partial charge is 0.448 e. The van der Waals surface area contributed by atoms with E-state index in [2.05, 4.69) is 0 Å². The number of nitrogens with zero attached hydrogens (tertiary/aromatic N) is 1. The first-order chi connectivity index (χ1) is 8.59. The zero-order valence-electron chi connectivity index (χ0n) is 9.70. The van der Waals surface area contributed by atoms with Crippen LogP contribution in [0.3, 0.4) is 0 Å². The van der Waals surface area contributed by atoms with E-state index in [4.69, 9.17) is 10.5 Å². The number of hydrogen-bond acceptors (Lipinski definition) is 4. The molecule has 1 amide bonds. The van der Waals surface area contributed by atoms with E-state index in [1.165, 1.54) is 18.3 Å². The molecule has 6 heteroatoms.